The molecule has 0 amide bonds. The van der Waals surface area contributed by atoms with E-state index in [2.05, 4.69) is 46.4 Å². The summed E-state index contributed by atoms with van der Waals surface area (Å²) < 4.78 is 11.4. The van der Waals surface area contributed by atoms with Crippen LogP contribution in [0.25, 0.3) is 0 Å². The van der Waals surface area contributed by atoms with Crippen LogP contribution in [0.15, 0.2) is 53.3 Å². The number of rotatable bonds is 5. The van der Waals surface area contributed by atoms with Crippen LogP contribution in [0.2, 0.25) is 0 Å². The molecule has 29 heavy (non-hydrogen) atoms. The third-order valence-electron chi connectivity index (χ3n) is 5.93. The Kier molecular flexibility index (Phi) is 4.81. The highest BCUT2D eigenvalue weighted by atomic mass is 16.5. The van der Waals surface area contributed by atoms with Crippen molar-refractivity contribution in [2.24, 2.45) is 0 Å². The summed E-state index contributed by atoms with van der Waals surface area (Å²) in [6.07, 6.45) is 4.65. The third kappa shape index (κ3) is 3.78. The minimum Gasteiger partial charge on any atom is -0.467 e. The van der Waals surface area contributed by atoms with Crippen LogP contribution in [0.3, 0.4) is 0 Å². The van der Waals surface area contributed by atoms with E-state index >= 15 is 0 Å². The van der Waals surface area contributed by atoms with E-state index in [1.807, 2.05) is 18.3 Å². The van der Waals surface area contributed by atoms with Gasteiger partial charge in [-0.05, 0) is 37.6 Å². The quantitative estimate of drug-likeness (QED) is 0.717. The van der Waals surface area contributed by atoms with Crippen LogP contribution < -0.4 is 5.32 Å². The molecule has 6 heteroatoms. The van der Waals surface area contributed by atoms with Gasteiger partial charge >= 0.3 is 0 Å². The van der Waals surface area contributed by atoms with Crippen molar-refractivity contribution in [3.05, 3.63) is 77.0 Å². The van der Waals surface area contributed by atoms with E-state index in [9.17, 15) is 0 Å². The Morgan fingerprint density at radius 1 is 1.24 bits per heavy atom. The number of aromatic nitrogens is 2. The summed E-state index contributed by atoms with van der Waals surface area (Å²) in [6, 6.07) is 12.6. The first-order valence-corrected chi connectivity index (χ1v) is 10.2. The lowest BCUT2D eigenvalue weighted by Crippen LogP contribution is -2.40. The van der Waals surface area contributed by atoms with E-state index in [-0.39, 0.29) is 5.41 Å². The first-order chi connectivity index (χ1) is 14.2. The van der Waals surface area contributed by atoms with Gasteiger partial charge in [0.2, 0.25) is 5.95 Å². The van der Waals surface area contributed by atoms with Crippen LogP contribution in [0, 0.1) is 6.92 Å². The van der Waals surface area contributed by atoms with Crippen LogP contribution in [0.1, 0.15) is 34.6 Å². The van der Waals surface area contributed by atoms with Gasteiger partial charge in [0, 0.05) is 24.8 Å². The Hall–Kier alpha value is -2.70. The van der Waals surface area contributed by atoms with Gasteiger partial charge < -0.3 is 14.5 Å². The van der Waals surface area contributed by atoms with Crippen molar-refractivity contribution in [3.63, 3.8) is 0 Å². The Morgan fingerprint density at radius 2 is 2.21 bits per heavy atom. The first kappa shape index (κ1) is 18.3. The number of anilines is 1. The Morgan fingerprint density at radius 3 is 3.07 bits per heavy atom. The molecule has 1 spiro atoms. The van der Waals surface area contributed by atoms with Gasteiger partial charge in [-0.25, -0.2) is 9.97 Å². The van der Waals surface area contributed by atoms with Gasteiger partial charge in [0.15, 0.2) is 0 Å². The molecule has 2 aliphatic rings. The second kappa shape index (κ2) is 7.61. The van der Waals surface area contributed by atoms with Gasteiger partial charge in [-0.3, -0.25) is 4.90 Å². The zero-order chi connectivity index (χ0) is 19.7. The van der Waals surface area contributed by atoms with Gasteiger partial charge in [-0.2, -0.15) is 0 Å². The van der Waals surface area contributed by atoms with Crippen LogP contribution >= 0.6 is 0 Å². The van der Waals surface area contributed by atoms with E-state index in [1.165, 1.54) is 11.1 Å². The van der Waals surface area contributed by atoms with Crippen LogP contribution in [-0.2, 0) is 29.8 Å². The summed E-state index contributed by atoms with van der Waals surface area (Å²) in [6.45, 7) is 7.02. The summed E-state index contributed by atoms with van der Waals surface area (Å²) in [4.78, 5) is 11.9. The van der Waals surface area contributed by atoms with Crippen molar-refractivity contribution in [3.8, 4) is 0 Å². The maximum atomic E-state index is 5.97. The molecule has 6 nitrogen and oxygen atoms in total. The predicted molar refractivity (Wildman–Crippen MR) is 110 cm³/mol. The summed E-state index contributed by atoms with van der Waals surface area (Å²) in [5.74, 6) is 1.52. The highest BCUT2D eigenvalue weighted by molar-refractivity contribution is 5.37. The highest BCUT2D eigenvalue weighted by Gasteiger charge is 2.44. The molecule has 5 rings (SSSR count). The second-order valence-electron chi connectivity index (χ2n) is 8.22. The average molecular weight is 390 g/mol. The lowest BCUT2D eigenvalue weighted by Gasteiger charge is -2.34. The molecule has 0 unspecified atom stereocenters. The van der Waals surface area contributed by atoms with Gasteiger partial charge in [0.25, 0.3) is 0 Å². The molecule has 1 saturated heterocycles. The monoisotopic (exact) mass is 390 g/mol. The van der Waals surface area contributed by atoms with Crippen molar-refractivity contribution < 1.29 is 9.15 Å². The molecule has 2 aromatic heterocycles. The number of hydrogen-bond donors (Lipinski definition) is 1. The van der Waals surface area contributed by atoms with Crippen molar-refractivity contribution >= 4 is 5.95 Å². The molecule has 0 aliphatic carbocycles. The number of aryl methyl sites for hydroxylation is 1. The van der Waals surface area contributed by atoms with E-state index in [0.29, 0.717) is 19.1 Å². The summed E-state index contributed by atoms with van der Waals surface area (Å²) in [5, 5.41) is 3.29. The fourth-order valence-corrected chi connectivity index (χ4v) is 4.53. The topological polar surface area (TPSA) is 63.4 Å². The predicted octanol–water partition coefficient (Wildman–Crippen LogP) is 3.66. The Bertz CT molecular complexity index is 988. The molecular formula is C23H26N4O2. The molecule has 4 heterocycles. The van der Waals surface area contributed by atoms with Gasteiger partial charge in [-0.1, -0.05) is 29.8 Å². The zero-order valence-corrected chi connectivity index (χ0v) is 16.7. The molecule has 0 radical (unpaired) electrons. The van der Waals surface area contributed by atoms with Gasteiger partial charge in [-0.15, -0.1) is 0 Å². The summed E-state index contributed by atoms with van der Waals surface area (Å²) >= 11 is 0. The van der Waals surface area contributed by atoms with Crippen molar-refractivity contribution in [1.29, 1.82) is 0 Å². The maximum Gasteiger partial charge on any atom is 0.223 e. The SMILES string of the molecule is Cc1cccc(CN2CC[C@@]3(COCc4cnc(NCc5ccco5)nc43)C2)c1. The molecule has 1 fully saturated rings. The van der Waals surface area contributed by atoms with Crippen LogP contribution in [0.4, 0.5) is 5.95 Å². The minimum absolute atomic E-state index is 0.0541. The number of benzene rings is 1. The summed E-state index contributed by atoms with van der Waals surface area (Å²) in [7, 11) is 0. The number of ether oxygens (including phenoxy) is 1. The molecule has 0 bridgehead atoms. The van der Waals surface area contributed by atoms with E-state index in [1.54, 1.807) is 6.26 Å². The number of hydrogen-bond acceptors (Lipinski definition) is 6. The maximum absolute atomic E-state index is 5.97. The molecule has 3 aromatic rings. The average Bonchev–Trinajstić information content (AvgIpc) is 3.38. The lowest BCUT2D eigenvalue weighted by atomic mass is 9.80. The third-order valence-corrected chi connectivity index (χ3v) is 5.93. The van der Waals surface area contributed by atoms with E-state index in [4.69, 9.17) is 14.1 Å². The van der Waals surface area contributed by atoms with Crippen molar-refractivity contribution in [1.82, 2.24) is 14.9 Å². The lowest BCUT2D eigenvalue weighted by molar-refractivity contribution is 0.0503. The van der Waals surface area contributed by atoms with Gasteiger partial charge in [0.1, 0.15) is 5.76 Å². The molecule has 1 atom stereocenters. The normalized spacial score (nSPS) is 21.4. The summed E-state index contributed by atoms with van der Waals surface area (Å²) in [5.41, 5.74) is 4.87. The van der Waals surface area contributed by atoms with Crippen molar-refractivity contribution in [2.45, 2.75) is 38.5 Å². The fraction of sp³-hybridized carbons (Fsp3) is 0.391. The number of fused-ring (bicyclic) bond motifs is 2. The molecule has 1 N–H and O–H groups in total. The number of likely N-dealkylation sites (tertiary alicyclic amines) is 1. The first-order valence-electron chi connectivity index (χ1n) is 10.2. The number of furan rings is 1. The Balaban J connectivity index is 1.34. The molecular weight excluding hydrogens is 364 g/mol. The minimum atomic E-state index is -0.0541. The fourth-order valence-electron chi connectivity index (χ4n) is 4.53. The largest absolute Gasteiger partial charge is 0.467 e. The molecule has 1 aromatic carbocycles. The molecule has 0 saturated carbocycles. The smallest absolute Gasteiger partial charge is 0.223 e. The molecule has 2 aliphatic heterocycles. The van der Waals surface area contributed by atoms with Crippen LogP contribution in [0.5, 0.6) is 0 Å². The van der Waals surface area contributed by atoms with Crippen molar-refractivity contribution in [2.75, 3.05) is 25.0 Å². The number of nitrogens with one attached hydrogen (secondary N) is 1. The van der Waals surface area contributed by atoms with E-state index in [0.717, 1.165) is 49.7 Å². The second-order valence-corrected chi connectivity index (χ2v) is 8.22. The zero-order valence-electron chi connectivity index (χ0n) is 16.7. The Labute approximate surface area is 170 Å². The standard InChI is InChI=1S/C23H26N4O2/c1-17-4-2-5-18(10-17)13-27-8-7-23(15-27)16-28-14-19-11-24-22(26-21(19)23)25-12-20-6-3-9-29-20/h2-6,9-11H,7-8,12-16H2,1H3,(H,24,25,26)/t23-/m0/s1. The van der Waals surface area contributed by atoms with Crippen LogP contribution in [-0.4, -0.2) is 34.6 Å². The van der Waals surface area contributed by atoms with E-state index < -0.39 is 0 Å². The van der Waals surface area contributed by atoms with Gasteiger partial charge in [0.05, 0.1) is 37.1 Å². The number of nitrogens with zero attached hydrogens (tertiary/aromatic N) is 3. The molecule has 150 valence electrons. The highest BCUT2D eigenvalue weighted by Crippen LogP contribution is 2.39.